The first-order valence-electron chi connectivity index (χ1n) is 7.72. The van der Waals surface area contributed by atoms with Gasteiger partial charge >= 0.3 is 6.03 Å². The number of aryl methyl sites for hydroxylation is 1. The maximum atomic E-state index is 13.2. The Kier molecular flexibility index (Phi) is 6.15. The highest BCUT2D eigenvalue weighted by Gasteiger charge is 2.18. The number of nitrogens with zero attached hydrogens (tertiary/aromatic N) is 1. The van der Waals surface area contributed by atoms with E-state index in [9.17, 15) is 14.3 Å². The molecule has 1 heterocycles. The van der Waals surface area contributed by atoms with Crippen LogP contribution in [0.3, 0.4) is 0 Å². The van der Waals surface area contributed by atoms with Gasteiger partial charge in [0.05, 0.1) is 0 Å². The molecule has 0 bridgehead atoms. The fraction of sp³-hybridized carbons (Fsp3) is 0.562. The second-order valence-corrected chi connectivity index (χ2v) is 5.89. The van der Waals surface area contributed by atoms with Gasteiger partial charge in [-0.3, -0.25) is 0 Å². The van der Waals surface area contributed by atoms with E-state index in [4.69, 9.17) is 0 Å². The van der Waals surface area contributed by atoms with E-state index in [1.54, 1.807) is 13.0 Å². The van der Waals surface area contributed by atoms with E-state index >= 15 is 0 Å². The molecule has 6 heteroatoms. The zero-order valence-electron chi connectivity index (χ0n) is 12.9. The fourth-order valence-electron chi connectivity index (χ4n) is 2.81. The minimum Gasteiger partial charge on any atom is -0.396 e. The average Bonchev–Trinajstić information content (AvgIpc) is 2.46. The number of carbonyl (C=O) groups excluding carboxylic acids is 1. The number of aliphatic hydroxyl groups excluding tert-OH is 1. The predicted octanol–water partition coefficient (Wildman–Crippen LogP) is 1.96. The molecule has 1 aromatic carbocycles. The summed E-state index contributed by atoms with van der Waals surface area (Å²) in [4.78, 5) is 14.0. The number of hydrogen-bond acceptors (Lipinski definition) is 3. The summed E-state index contributed by atoms with van der Waals surface area (Å²) in [6, 6.07) is 4.10. The fourth-order valence-corrected chi connectivity index (χ4v) is 2.81. The van der Waals surface area contributed by atoms with Crippen LogP contribution in [-0.4, -0.2) is 48.8 Å². The Morgan fingerprint density at radius 1 is 1.45 bits per heavy atom. The van der Waals surface area contributed by atoms with Gasteiger partial charge in [0.1, 0.15) is 5.82 Å². The molecule has 2 rings (SSSR count). The maximum Gasteiger partial charge on any atom is 0.319 e. The molecule has 122 valence electrons. The van der Waals surface area contributed by atoms with Gasteiger partial charge in [0, 0.05) is 31.9 Å². The molecule has 22 heavy (non-hydrogen) atoms. The van der Waals surface area contributed by atoms with Gasteiger partial charge in [-0.05, 0) is 56.0 Å². The zero-order valence-corrected chi connectivity index (χ0v) is 12.9. The third-order valence-electron chi connectivity index (χ3n) is 3.87. The van der Waals surface area contributed by atoms with E-state index in [-0.39, 0.29) is 18.5 Å². The van der Waals surface area contributed by atoms with Crippen LogP contribution in [0.4, 0.5) is 14.9 Å². The van der Waals surface area contributed by atoms with Crippen molar-refractivity contribution in [1.82, 2.24) is 10.2 Å². The molecule has 1 unspecified atom stereocenters. The van der Waals surface area contributed by atoms with Gasteiger partial charge in [-0.25, -0.2) is 9.18 Å². The molecule has 5 nitrogen and oxygen atoms in total. The largest absolute Gasteiger partial charge is 0.396 e. The second-order valence-electron chi connectivity index (χ2n) is 5.89. The smallest absolute Gasteiger partial charge is 0.319 e. The molecular formula is C16H24FN3O2. The summed E-state index contributed by atoms with van der Waals surface area (Å²) in [5, 5.41) is 14.6. The number of amides is 2. The molecule has 1 fully saturated rings. The Hall–Kier alpha value is -1.66. The Morgan fingerprint density at radius 3 is 3.00 bits per heavy atom. The number of piperidine rings is 1. The molecule has 1 atom stereocenters. The van der Waals surface area contributed by atoms with Crippen LogP contribution in [0.2, 0.25) is 0 Å². The molecule has 3 N–H and O–H groups in total. The molecule has 0 aliphatic carbocycles. The van der Waals surface area contributed by atoms with Crippen molar-refractivity contribution in [2.45, 2.75) is 19.8 Å². The molecule has 1 aromatic rings. The number of nitrogens with one attached hydrogen (secondary N) is 2. The first kappa shape index (κ1) is 16.7. The van der Waals surface area contributed by atoms with Crippen molar-refractivity contribution in [2.24, 2.45) is 5.92 Å². The van der Waals surface area contributed by atoms with Crippen LogP contribution < -0.4 is 10.6 Å². The number of aliphatic hydroxyl groups is 1. The van der Waals surface area contributed by atoms with E-state index in [0.29, 0.717) is 18.2 Å². The Balaban J connectivity index is 1.71. The van der Waals surface area contributed by atoms with Gasteiger partial charge in [0.25, 0.3) is 0 Å². The molecule has 1 saturated heterocycles. The summed E-state index contributed by atoms with van der Waals surface area (Å²) in [6.45, 7) is 5.17. The third kappa shape index (κ3) is 5.27. The number of likely N-dealkylation sites (tertiary alicyclic amines) is 1. The van der Waals surface area contributed by atoms with Crippen LogP contribution in [0.25, 0.3) is 0 Å². The highest BCUT2D eigenvalue weighted by molar-refractivity contribution is 5.89. The number of urea groups is 1. The summed E-state index contributed by atoms with van der Waals surface area (Å²) in [5.74, 6) is -0.0171. The van der Waals surface area contributed by atoms with Crippen molar-refractivity contribution in [3.8, 4) is 0 Å². The Morgan fingerprint density at radius 2 is 2.27 bits per heavy atom. The standard InChI is InChI=1S/C16H24FN3O2/c1-12-7-14(17)9-15(8-12)19-16(22)18-4-6-20-5-2-3-13(10-20)11-21/h7-9,13,21H,2-6,10-11H2,1H3,(H2,18,19,22). The first-order chi connectivity index (χ1) is 10.6. The van der Waals surface area contributed by atoms with Crippen LogP contribution >= 0.6 is 0 Å². The molecule has 0 saturated carbocycles. The highest BCUT2D eigenvalue weighted by Crippen LogP contribution is 2.15. The molecular weight excluding hydrogens is 285 g/mol. The maximum absolute atomic E-state index is 13.2. The van der Waals surface area contributed by atoms with Gasteiger partial charge in [0.2, 0.25) is 0 Å². The first-order valence-corrected chi connectivity index (χ1v) is 7.72. The highest BCUT2D eigenvalue weighted by atomic mass is 19.1. The van der Waals surface area contributed by atoms with Crippen molar-refractivity contribution in [3.05, 3.63) is 29.6 Å². The van der Waals surface area contributed by atoms with Crippen LogP contribution in [0.5, 0.6) is 0 Å². The minimum atomic E-state index is -0.362. The van der Waals surface area contributed by atoms with E-state index in [1.165, 1.54) is 12.1 Å². The predicted molar refractivity (Wildman–Crippen MR) is 84.4 cm³/mol. The summed E-state index contributed by atoms with van der Waals surface area (Å²) in [6.07, 6.45) is 2.15. The molecule has 1 aliphatic rings. The number of anilines is 1. The van der Waals surface area contributed by atoms with Gasteiger partial charge in [-0.2, -0.15) is 0 Å². The molecule has 0 radical (unpaired) electrons. The quantitative estimate of drug-likeness (QED) is 0.779. The van der Waals surface area contributed by atoms with Crippen LogP contribution in [0.15, 0.2) is 18.2 Å². The number of carbonyl (C=O) groups is 1. The lowest BCUT2D eigenvalue weighted by Crippen LogP contribution is -2.42. The van der Waals surface area contributed by atoms with Crippen molar-refractivity contribution < 1.29 is 14.3 Å². The molecule has 0 aromatic heterocycles. The van der Waals surface area contributed by atoms with Gasteiger partial charge in [-0.15, -0.1) is 0 Å². The molecule has 0 spiro atoms. The number of halogens is 1. The average molecular weight is 309 g/mol. The Labute approximate surface area is 130 Å². The number of benzene rings is 1. The monoisotopic (exact) mass is 309 g/mol. The molecule has 2 amide bonds. The minimum absolute atomic E-state index is 0.226. The van der Waals surface area contributed by atoms with Crippen molar-refractivity contribution in [1.29, 1.82) is 0 Å². The van der Waals surface area contributed by atoms with Gasteiger partial charge in [0.15, 0.2) is 0 Å². The lowest BCUT2D eigenvalue weighted by molar-refractivity contribution is 0.121. The van der Waals surface area contributed by atoms with Crippen molar-refractivity contribution >= 4 is 11.7 Å². The lowest BCUT2D eigenvalue weighted by Gasteiger charge is -2.31. The van der Waals surface area contributed by atoms with Crippen molar-refractivity contribution in [2.75, 3.05) is 38.1 Å². The van der Waals surface area contributed by atoms with Crippen LogP contribution in [-0.2, 0) is 0 Å². The van der Waals surface area contributed by atoms with Crippen LogP contribution in [0.1, 0.15) is 18.4 Å². The van der Waals surface area contributed by atoms with Crippen LogP contribution in [0, 0.1) is 18.7 Å². The van der Waals surface area contributed by atoms with E-state index in [1.807, 2.05) is 0 Å². The lowest BCUT2D eigenvalue weighted by atomic mass is 9.99. The second kappa shape index (κ2) is 8.10. The summed E-state index contributed by atoms with van der Waals surface area (Å²) >= 11 is 0. The Bertz CT molecular complexity index is 490. The van der Waals surface area contributed by atoms with E-state index < -0.39 is 0 Å². The summed E-state index contributed by atoms with van der Waals surface area (Å²) in [7, 11) is 0. The summed E-state index contributed by atoms with van der Waals surface area (Å²) < 4.78 is 13.2. The van der Waals surface area contributed by atoms with E-state index in [0.717, 1.165) is 38.0 Å². The number of rotatable bonds is 5. The topological polar surface area (TPSA) is 64.6 Å². The van der Waals surface area contributed by atoms with Gasteiger partial charge < -0.3 is 20.6 Å². The summed E-state index contributed by atoms with van der Waals surface area (Å²) in [5.41, 5.74) is 1.21. The van der Waals surface area contributed by atoms with Gasteiger partial charge in [-0.1, -0.05) is 0 Å². The normalized spacial score (nSPS) is 19.0. The molecule has 1 aliphatic heterocycles. The zero-order chi connectivity index (χ0) is 15.9. The van der Waals surface area contributed by atoms with Crippen molar-refractivity contribution in [3.63, 3.8) is 0 Å². The third-order valence-corrected chi connectivity index (χ3v) is 3.87. The van der Waals surface area contributed by atoms with E-state index in [2.05, 4.69) is 15.5 Å². The number of hydrogen-bond donors (Lipinski definition) is 3. The SMILES string of the molecule is Cc1cc(F)cc(NC(=O)NCCN2CCCC(CO)C2)c1.